The second-order valence-electron chi connectivity index (χ2n) is 6.28. The van der Waals surface area contributed by atoms with Gasteiger partial charge in [0.1, 0.15) is 0 Å². The molecule has 0 radical (unpaired) electrons. The number of amides is 1. The third-order valence-electron chi connectivity index (χ3n) is 4.44. The molecule has 26 heavy (non-hydrogen) atoms. The molecule has 7 heteroatoms. The predicted octanol–water partition coefficient (Wildman–Crippen LogP) is 4.72. The third-order valence-corrected chi connectivity index (χ3v) is 6.35. The normalized spacial score (nSPS) is 13.4. The smallest absolute Gasteiger partial charge is 0.277 e. The van der Waals surface area contributed by atoms with Crippen LogP contribution in [-0.4, -0.2) is 21.9 Å². The van der Waals surface area contributed by atoms with Gasteiger partial charge in [-0.3, -0.25) is 4.79 Å². The van der Waals surface area contributed by atoms with Gasteiger partial charge in [0.15, 0.2) is 0 Å². The summed E-state index contributed by atoms with van der Waals surface area (Å²) < 4.78 is 5.79. The Labute approximate surface area is 160 Å². The Morgan fingerprint density at radius 2 is 2.12 bits per heavy atom. The standard InChI is InChI=1S/C19H19N3O2S2/c1-12-6-2-4-8-15(12)20-17(23)11-26-19-22-21-18(24-19)14-10-25-16-9-5-3-7-13(14)16/h2,4,6,8,10H,3,5,7,9,11H2,1H3,(H,20,23). The molecule has 0 atom stereocenters. The first-order valence-corrected chi connectivity index (χ1v) is 10.5. The Morgan fingerprint density at radius 1 is 1.27 bits per heavy atom. The van der Waals surface area contributed by atoms with Crippen molar-refractivity contribution < 1.29 is 9.21 Å². The molecule has 0 saturated heterocycles. The maximum atomic E-state index is 12.1. The molecule has 1 aliphatic rings. The van der Waals surface area contributed by atoms with Crippen LogP contribution in [0.25, 0.3) is 11.5 Å². The lowest BCUT2D eigenvalue weighted by Gasteiger charge is -2.10. The molecule has 0 spiro atoms. The van der Waals surface area contributed by atoms with E-state index in [1.165, 1.54) is 35.0 Å². The number of para-hydroxylation sites is 1. The fourth-order valence-corrected chi connectivity index (χ4v) is 4.76. The molecule has 1 N–H and O–H groups in total. The number of rotatable bonds is 5. The molecule has 3 aromatic rings. The summed E-state index contributed by atoms with van der Waals surface area (Å²) in [5.41, 5.74) is 4.29. The third kappa shape index (κ3) is 3.68. The molecular formula is C19H19N3O2S2. The number of thioether (sulfide) groups is 1. The zero-order chi connectivity index (χ0) is 17.9. The summed E-state index contributed by atoms with van der Waals surface area (Å²) in [6, 6.07) is 7.71. The fourth-order valence-electron chi connectivity index (χ4n) is 3.08. The van der Waals surface area contributed by atoms with Crippen LogP contribution in [0.4, 0.5) is 5.69 Å². The maximum Gasteiger partial charge on any atom is 0.277 e. The summed E-state index contributed by atoms with van der Waals surface area (Å²) in [5, 5.41) is 13.7. The molecule has 0 aliphatic heterocycles. The van der Waals surface area contributed by atoms with E-state index in [4.69, 9.17) is 4.42 Å². The van der Waals surface area contributed by atoms with Crippen molar-refractivity contribution in [2.45, 2.75) is 37.8 Å². The molecule has 1 amide bonds. The highest BCUT2D eigenvalue weighted by Crippen LogP contribution is 2.36. The van der Waals surface area contributed by atoms with Crippen LogP contribution in [0.15, 0.2) is 39.3 Å². The van der Waals surface area contributed by atoms with Gasteiger partial charge in [0.25, 0.3) is 5.22 Å². The number of aryl methyl sites for hydroxylation is 2. The zero-order valence-electron chi connectivity index (χ0n) is 14.4. The Hall–Kier alpha value is -2.12. The molecule has 1 aliphatic carbocycles. The van der Waals surface area contributed by atoms with Crippen LogP contribution in [0.3, 0.4) is 0 Å². The van der Waals surface area contributed by atoms with E-state index in [0.717, 1.165) is 29.7 Å². The van der Waals surface area contributed by atoms with Crippen molar-refractivity contribution in [2.24, 2.45) is 0 Å². The van der Waals surface area contributed by atoms with Crippen LogP contribution in [-0.2, 0) is 17.6 Å². The lowest BCUT2D eigenvalue weighted by molar-refractivity contribution is -0.113. The lowest BCUT2D eigenvalue weighted by Crippen LogP contribution is -2.14. The Kier molecular flexibility index (Phi) is 5.08. The number of carbonyl (C=O) groups is 1. The summed E-state index contributed by atoms with van der Waals surface area (Å²) in [6.45, 7) is 1.97. The Balaban J connectivity index is 1.39. The summed E-state index contributed by atoms with van der Waals surface area (Å²) in [6.07, 6.45) is 4.70. The highest BCUT2D eigenvalue weighted by Gasteiger charge is 2.20. The van der Waals surface area contributed by atoms with Crippen LogP contribution < -0.4 is 5.32 Å². The number of aromatic nitrogens is 2. The van der Waals surface area contributed by atoms with Gasteiger partial charge in [-0.2, -0.15) is 0 Å². The van der Waals surface area contributed by atoms with Crippen LogP contribution in [0, 0.1) is 6.92 Å². The number of hydrogen-bond donors (Lipinski definition) is 1. The van der Waals surface area contributed by atoms with E-state index < -0.39 is 0 Å². The van der Waals surface area contributed by atoms with Gasteiger partial charge < -0.3 is 9.73 Å². The fraction of sp³-hybridized carbons (Fsp3) is 0.316. The molecule has 134 valence electrons. The lowest BCUT2D eigenvalue weighted by atomic mass is 9.96. The van der Waals surface area contributed by atoms with Gasteiger partial charge in [0.05, 0.1) is 11.3 Å². The van der Waals surface area contributed by atoms with E-state index in [1.54, 1.807) is 11.3 Å². The highest BCUT2D eigenvalue weighted by atomic mass is 32.2. The van der Waals surface area contributed by atoms with Gasteiger partial charge in [-0.1, -0.05) is 30.0 Å². The predicted molar refractivity (Wildman–Crippen MR) is 105 cm³/mol. The van der Waals surface area contributed by atoms with E-state index >= 15 is 0 Å². The van der Waals surface area contributed by atoms with Crippen molar-refractivity contribution in [1.29, 1.82) is 0 Å². The van der Waals surface area contributed by atoms with E-state index in [2.05, 4.69) is 20.9 Å². The number of hydrogen-bond acceptors (Lipinski definition) is 6. The second-order valence-corrected chi connectivity index (χ2v) is 8.17. The van der Waals surface area contributed by atoms with Gasteiger partial charge in [-0.05, 0) is 49.8 Å². The number of thiophene rings is 1. The van der Waals surface area contributed by atoms with Gasteiger partial charge in [0.2, 0.25) is 11.8 Å². The number of benzene rings is 1. The zero-order valence-corrected chi connectivity index (χ0v) is 16.1. The first-order valence-electron chi connectivity index (χ1n) is 8.62. The molecule has 5 nitrogen and oxygen atoms in total. The Bertz CT molecular complexity index is 933. The van der Waals surface area contributed by atoms with Crippen LogP contribution >= 0.6 is 23.1 Å². The largest absolute Gasteiger partial charge is 0.411 e. The van der Waals surface area contributed by atoms with Gasteiger partial charge in [-0.25, -0.2) is 0 Å². The van der Waals surface area contributed by atoms with Crippen molar-refractivity contribution in [3.05, 3.63) is 45.6 Å². The molecule has 4 rings (SSSR count). The van der Waals surface area contributed by atoms with E-state index in [9.17, 15) is 4.79 Å². The molecule has 0 unspecified atom stereocenters. The molecule has 1 aromatic carbocycles. The number of nitrogens with zero attached hydrogens (tertiary/aromatic N) is 2. The monoisotopic (exact) mass is 385 g/mol. The summed E-state index contributed by atoms with van der Waals surface area (Å²) in [4.78, 5) is 13.6. The maximum absolute atomic E-state index is 12.1. The topological polar surface area (TPSA) is 68.0 Å². The van der Waals surface area contributed by atoms with Crippen molar-refractivity contribution >= 4 is 34.7 Å². The summed E-state index contributed by atoms with van der Waals surface area (Å²) in [5.74, 6) is 0.709. The second kappa shape index (κ2) is 7.63. The quantitative estimate of drug-likeness (QED) is 0.644. The van der Waals surface area contributed by atoms with E-state index in [0.29, 0.717) is 11.1 Å². The number of fused-ring (bicyclic) bond motifs is 1. The average Bonchev–Trinajstić information content (AvgIpc) is 3.28. The molecule has 0 bridgehead atoms. The van der Waals surface area contributed by atoms with Crippen molar-refractivity contribution in [3.8, 4) is 11.5 Å². The number of carbonyl (C=O) groups excluding carboxylic acids is 1. The van der Waals surface area contributed by atoms with Gasteiger partial charge >= 0.3 is 0 Å². The first-order chi connectivity index (χ1) is 12.7. The molecule has 2 aromatic heterocycles. The minimum atomic E-state index is -0.0861. The van der Waals surface area contributed by atoms with E-state index in [-0.39, 0.29) is 11.7 Å². The minimum absolute atomic E-state index is 0.0861. The van der Waals surface area contributed by atoms with Crippen molar-refractivity contribution in [3.63, 3.8) is 0 Å². The highest BCUT2D eigenvalue weighted by molar-refractivity contribution is 7.99. The van der Waals surface area contributed by atoms with Crippen molar-refractivity contribution in [1.82, 2.24) is 10.2 Å². The first kappa shape index (κ1) is 17.3. The Morgan fingerprint density at radius 3 is 3.00 bits per heavy atom. The molecular weight excluding hydrogens is 366 g/mol. The minimum Gasteiger partial charge on any atom is -0.411 e. The van der Waals surface area contributed by atoms with Crippen LogP contribution in [0.5, 0.6) is 0 Å². The van der Waals surface area contributed by atoms with Crippen LogP contribution in [0.1, 0.15) is 28.8 Å². The summed E-state index contributed by atoms with van der Waals surface area (Å²) >= 11 is 3.04. The van der Waals surface area contributed by atoms with E-state index in [1.807, 2.05) is 31.2 Å². The molecule has 0 saturated carbocycles. The van der Waals surface area contributed by atoms with Crippen molar-refractivity contribution in [2.75, 3.05) is 11.1 Å². The summed E-state index contributed by atoms with van der Waals surface area (Å²) in [7, 11) is 0. The molecule has 0 fully saturated rings. The average molecular weight is 386 g/mol. The SMILES string of the molecule is Cc1ccccc1NC(=O)CSc1nnc(-c2csc3c2CCCC3)o1. The molecule has 2 heterocycles. The number of anilines is 1. The van der Waals surface area contributed by atoms with Crippen LogP contribution in [0.2, 0.25) is 0 Å². The van der Waals surface area contributed by atoms with Gasteiger partial charge in [0, 0.05) is 15.9 Å². The van der Waals surface area contributed by atoms with Gasteiger partial charge in [-0.15, -0.1) is 21.5 Å². The number of nitrogens with one attached hydrogen (secondary N) is 1.